The summed E-state index contributed by atoms with van der Waals surface area (Å²) >= 11 is 0. The highest BCUT2D eigenvalue weighted by Gasteiger charge is 2.57. The molecule has 2 atom stereocenters. The molecule has 4 aliphatic rings. The van der Waals surface area contributed by atoms with Crippen LogP contribution < -0.4 is 31.1 Å². The highest BCUT2D eigenvalue weighted by Crippen LogP contribution is 2.61. The first-order chi connectivity index (χ1) is 38.1. The molecule has 0 bridgehead atoms. The monoisotopic (exact) mass is 1010 g/mol. The van der Waals surface area contributed by atoms with Crippen LogP contribution in [-0.4, -0.2) is 12.3 Å². The van der Waals surface area contributed by atoms with E-state index in [0.717, 1.165) is 24.2 Å². The molecule has 0 saturated heterocycles. The number of benzene rings is 10. The van der Waals surface area contributed by atoms with Crippen molar-refractivity contribution in [3.8, 4) is 44.5 Å². The van der Waals surface area contributed by atoms with Gasteiger partial charge in [0, 0.05) is 50.9 Å². The smallest absolute Gasteiger partial charge is 0.252 e. The first kappa shape index (κ1) is 48.1. The lowest BCUT2D eigenvalue weighted by atomic mass is 9.33. The van der Waals surface area contributed by atoms with Crippen molar-refractivity contribution < 1.29 is 0 Å². The third-order valence-electron chi connectivity index (χ3n) is 18.4. The van der Waals surface area contributed by atoms with Gasteiger partial charge in [0.05, 0.1) is 5.54 Å². The van der Waals surface area contributed by atoms with Crippen molar-refractivity contribution in [1.29, 1.82) is 0 Å². The maximum atomic E-state index is 2.84. The van der Waals surface area contributed by atoms with E-state index in [9.17, 15) is 0 Å². The summed E-state index contributed by atoms with van der Waals surface area (Å²) in [5.74, 6) is 0. The molecule has 10 aromatic rings. The van der Waals surface area contributed by atoms with Crippen molar-refractivity contribution in [1.82, 2.24) is 0 Å². The van der Waals surface area contributed by atoms with Crippen molar-refractivity contribution in [3.05, 3.63) is 248 Å². The summed E-state index contributed by atoms with van der Waals surface area (Å²) in [7, 11) is 0. The molecule has 1 aliphatic carbocycles. The molecule has 14 rings (SSSR count). The second kappa shape index (κ2) is 18.7. The van der Waals surface area contributed by atoms with Crippen molar-refractivity contribution in [2.24, 2.45) is 0 Å². The summed E-state index contributed by atoms with van der Waals surface area (Å²) in [6.45, 7) is 12.3. The van der Waals surface area contributed by atoms with Gasteiger partial charge in [-0.05, 0) is 152 Å². The van der Waals surface area contributed by atoms with Gasteiger partial charge in [-0.3, -0.25) is 0 Å². The van der Waals surface area contributed by atoms with Crippen LogP contribution in [0.1, 0.15) is 84.3 Å². The van der Waals surface area contributed by atoms with E-state index in [2.05, 4.69) is 286 Å². The molecule has 10 aromatic carbocycles. The molecule has 2 unspecified atom stereocenters. The van der Waals surface area contributed by atoms with Gasteiger partial charge in [-0.2, -0.15) is 0 Å². The van der Waals surface area contributed by atoms with E-state index in [1.807, 2.05) is 0 Å². The van der Waals surface area contributed by atoms with Crippen molar-refractivity contribution in [2.45, 2.75) is 89.5 Å². The molecule has 4 heteroatoms. The van der Waals surface area contributed by atoms with Gasteiger partial charge in [0.25, 0.3) is 6.71 Å². The van der Waals surface area contributed by atoms with Crippen LogP contribution in [0.2, 0.25) is 0 Å². The fourth-order valence-electron chi connectivity index (χ4n) is 14.2. The molecular weight excluding hydrogens is 942 g/mol. The zero-order valence-electron chi connectivity index (χ0n) is 45.7. The van der Waals surface area contributed by atoms with Gasteiger partial charge in [-0.1, -0.05) is 235 Å². The summed E-state index contributed by atoms with van der Waals surface area (Å²) in [6.07, 6.45) is 7.24. The predicted molar refractivity (Wildman–Crippen MR) is 333 cm³/mol. The van der Waals surface area contributed by atoms with E-state index in [1.54, 1.807) is 0 Å². The third-order valence-corrected chi connectivity index (χ3v) is 18.4. The molecule has 0 radical (unpaired) electrons. The Kier molecular flexibility index (Phi) is 11.5. The summed E-state index contributed by atoms with van der Waals surface area (Å²) in [4.78, 5) is 8.11. The zero-order chi connectivity index (χ0) is 52.8. The first-order valence-electron chi connectivity index (χ1n) is 28.5. The van der Waals surface area contributed by atoms with Crippen molar-refractivity contribution in [2.75, 3.05) is 14.7 Å². The molecular formula is C74H66BN3. The minimum absolute atomic E-state index is 0.0173. The summed E-state index contributed by atoms with van der Waals surface area (Å²) in [5.41, 5.74) is 25.9. The third kappa shape index (κ3) is 7.78. The second-order valence-corrected chi connectivity index (χ2v) is 24.0. The second-order valence-electron chi connectivity index (χ2n) is 24.0. The lowest BCUT2D eigenvalue weighted by Crippen LogP contribution is -2.61. The Morgan fingerprint density at radius 1 is 0.359 bits per heavy atom. The van der Waals surface area contributed by atoms with E-state index in [4.69, 9.17) is 0 Å². The number of anilines is 8. The largest absolute Gasteiger partial charge is 0.334 e. The highest BCUT2D eigenvalue weighted by molar-refractivity contribution is 7.00. The number of hydrogen-bond donors (Lipinski definition) is 0. The molecule has 0 aromatic heterocycles. The molecule has 0 amide bonds. The van der Waals surface area contributed by atoms with Crippen molar-refractivity contribution >= 4 is 68.6 Å². The molecule has 1 saturated carbocycles. The van der Waals surface area contributed by atoms with Crippen LogP contribution >= 0.6 is 0 Å². The quantitative estimate of drug-likeness (QED) is 0.147. The lowest BCUT2D eigenvalue weighted by Gasteiger charge is -2.50. The number of hydrogen-bond acceptors (Lipinski definition) is 3. The van der Waals surface area contributed by atoms with E-state index in [1.165, 1.54) is 132 Å². The molecule has 3 heterocycles. The topological polar surface area (TPSA) is 9.72 Å². The summed E-state index contributed by atoms with van der Waals surface area (Å²) in [6, 6.07) is 89.6. The minimum Gasteiger partial charge on any atom is -0.334 e. The Morgan fingerprint density at radius 2 is 0.795 bits per heavy atom. The molecule has 3 aliphatic heterocycles. The Hall–Kier alpha value is -8.34. The Labute approximate surface area is 462 Å². The van der Waals surface area contributed by atoms with Crippen molar-refractivity contribution in [3.63, 3.8) is 0 Å². The Morgan fingerprint density at radius 3 is 1.26 bits per heavy atom. The Balaban J connectivity index is 1.11. The summed E-state index contributed by atoms with van der Waals surface area (Å²) < 4.78 is 0. The molecule has 78 heavy (non-hydrogen) atoms. The van der Waals surface area contributed by atoms with Gasteiger partial charge < -0.3 is 14.7 Å². The molecule has 0 N–H and O–H groups in total. The van der Waals surface area contributed by atoms with Crippen LogP contribution in [0, 0.1) is 0 Å². The normalized spacial score (nSPS) is 18.3. The van der Waals surface area contributed by atoms with E-state index in [-0.39, 0.29) is 23.1 Å². The van der Waals surface area contributed by atoms with Gasteiger partial charge in [0.15, 0.2) is 0 Å². The van der Waals surface area contributed by atoms with Crippen LogP contribution in [0.3, 0.4) is 0 Å². The Bertz CT molecular complexity index is 3700. The SMILES string of the molecule is CC(C)(C)c1ccc2c(c1)C1(C)CCCCCCC1(C)N2c1cc2c3c(c1)N(c1cccc(-c4ccccc4)c1)c1cc(-c4ccccc4)ccc1B3c1ccc(-c3ccccc3)cc1N2c1cccc(-c2ccccc2)c1. The fraction of sp³-hybridized carbons (Fsp3) is 0.189. The standard InChI is InChI=1S/C74H66BN3/c1-72(2,3)59-38-41-66-63(48-59)73(4)42-20-6-7-21-43-74(73,5)78(66)62-49-69-71-70(50-62)77(61-35-23-33-56(45-61)52-26-14-9-15-27-52)68-47-58(54-30-18-11-19-31-54)37-40-65(68)75(71)64-39-36-57(53-28-16-10-17-29-53)46-67(64)76(69)60-34-22-32-55(44-60)51-24-12-8-13-25-51/h8-19,22-41,44-50H,6-7,20-21,42-43H2,1-5H3. The lowest BCUT2D eigenvalue weighted by molar-refractivity contribution is 0.217. The molecule has 0 spiro atoms. The van der Waals surface area contributed by atoms with Gasteiger partial charge in [0.1, 0.15) is 0 Å². The predicted octanol–water partition coefficient (Wildman–Crippen LogP) is 18.3. The number of fused-ring (bicyclic) bond motifs is 7. The zero-order valence-corrected chi connectivity index (χ0v) is 45.7. The first-order valence-corrected chi connectivity index (χ1v) is 28.5. The van der Waals surface area contributed by atoms with Crippen LogP contribution in [0.15, 0.2) is 237 Å². The van der Waals surface area contributed by atoms with Gasteiger partial charge >= 0.3 is 0 Å². The van der Waals surface area contributed by atoms with Gasteiger partial charge in [-0.15, -0.1) is 0 Å². The van der Waals surface area contributed by atoms with Crippen LogP contribution in [0.4, 0.5) is 45.5 Å². The summed E-state index contributed by atoms with van der Waals surface area (Å²) in [5, 5.41) is 0. The maximum Gasteiger partial charge on any atom is 0.252 e. The van der Waals surface area contributed by atoms with E-state index >= 15 is 0 Å². The number of nitrogens with zero attached hydrogens (tertiary/aromatic N) is 3. The number of rotatable bonds is 7. The fourth-order valence-corrected chi connectivity index (χ4v) is 14.2. The van der Waals surface area contributed by atoms with Crippen LogP contribution in [0.5, 0.6) is 0 Å². The van der Waals surface area contributed by atoms with E-state index < -0.39 is 0 Å². The average molecular weight is 1010 g/mol. The van der Waals surface area contributed by atoms with Crippen LogP contribution in [-0.2, 0) is 10.8 Å². The average Bonchev–Trinajstić information content (AvgIpc) is 3.52. The van der Waals surface area contributed by atoms with E-state index in [0.29, 0.717) is 0 Å². The highest BCUT2D eigenvalue weighted by atomic mass is 15.3. The van der Waals surface area contributed by atoms with Gasteiger partial charge in [0.2, 0.25) is 0 Å². The van der Waals surface area contributed by atoms with Crippen LogP contribution in [0.25, 0.3) is 44.5 Å². The minimum atomic E-state index is -0.206. The maximum absolute atomic E-state index is 2.84. The molecule has 1 fully saturated rings. The molecule has 3 nitrogen and oxygen atoms in total. The molecule has 380 valence electrons. The van der Waals surface area contributed by atoms with Gasteiger partial charge in [-0.25, -0.2) is 0 Å².